The molecular formula is C15H31N. The molecule has 1 saturated carbocycles. The van der Waals surface area contributed by atoms with Gasteiger partial charge in [-0.1, -0.05) is 51.5 Å². The molecule has 0 radical (unpaired) electrons. The topological polar surface area (TPSA) is 12.0 Å². The van der Waals surface area contributed by atoms with Gasteiger partial charge in [0.2, 0.25) is 0 Å². The number of hydrogen-bond acceptors (Lipinski definition) is 1. The second kappa shape index (κ2) is 12.5. The van der Waals surface area contributed by atoms with Crippen molar-refractivity contribution in [1.82, 2.24) is 5.32 Å². The third-order valence-electron chi connectivity index (χ3n) is 2.35. The molecule has 1 aliphatic carbocycles. The molecule has 1 nitrogen and oxygen atoms in total. The summed E-state index contributed by atoms with van der Waals surface area (Å²) in [5.74, 6) is 1.04. The lowest BCUT2D eigenvalue weighted by atomic mass is 10.1. The highest BCUT2D eigenvalue weighted by Gasteiger charge is 2.18. The van der Waals surface area contributed by atoms with Crippen LogP contribution in [0.15, 0.2) is 24.3 Å². The Labute approximate surface area is 103 Å². The highest BCUT2D eigenvalue weighted by atomic mass is 14.8. The lowest BCUT2D eigenvalue weighted by molar-refractivity contribution is 0.717. The Kier molecular flexibility index (Phi) is 13.9. The fraction of sp³-hybridized carbons (Fsp3) is 0.733. The first-order chi connectivity index (χ1) is 7.61. The van der Waals surface area contributed by atoms with Crippen LogP contribution in [-0.2, 0) is 0 Å². The van der Waals surface area contributed by atoms with Crippen LogP contribution in [0.4, 0.5) is 0 Å². The summed E-state index contributed by atoms with van der Waals surface area (Å²) in [6, 6.07) is 0. The average molecular weight is 225 g/mol. The van der Waals surface area contributed by atoms with Crippen LogP contribution in [-0.4, -0.2) is 13.6 Å². The quantitative estimate of drug-likeness (QED) is 0.676. The van der Waals surface area contributed by atoms with Gasteiger partial charge in [0, 0.05) is 0 Å². The van der Waals surface area contributed by atoms with Crippen molar-refractivity contribution in [3.8, 4) is 0 Å². The molecule has 0 unspecified atom stereocenters. The lowest BCUT2D eigenvalue weighted by Gasteiger charge is -1.98. The molecule has 1 N–H and O–H groups in total. The van der Waals surface area contributed by atoms with Crippen LogP contribution < -0.4 is 5.32 Å². The minimum Gasteiger partial charge on any atom is -0.319 e. The zero-order chi connectivity index (χ0) is 13.0. The van der Waals surface area contributed by atoms with Crippen molar-refractivity contribution in [3.63, 3.8) is 0 Å². The molecule has 0 aliphatic heterocycles. The van der Waals surface area contributed by atoms with Crippen molar-refractivity contribution >= 4 is 0 Å². The van der Waals surface area contributed by atoms with E-state index in [0.29, 0.717) is 0 Å². The van der Waals surface area contributed by atoms with Crippen LogP contribution in [0.25, 0.3) is 0 Å². The van der Waals surface area contributed by atoms with E-state index in [0.717, 1.165) is 17.9 Å². The predicted molar refractivity (Wildman–Crippen MR) is 76.9 cm³/mol. The average Bonchev–Trinajstić information content (AvgIpc) is 3.07. The Morgan fingerprint density at radius 1 is 1.25 bits per heavy atom. The minimum atomic E-state index is 1.04. The van der Waals surface area contributed by atoms with E-state index in [4.69, 9.17) is 0 Å². The van der Waals surface area contributed by atoms with Gasteiger partial charge >= 0.3 is 0 Å². The van der Waals surface area contributed by atoms with E-state index in [1.54, 1.807) is 0 Å². The van der Waals surface area contributed by atoms with Crippen LogP contribution in [0.5, 0.6) is 0 Å². The molecule has 0 spiro atoms. The number of hydrogen-bond donors (Lipinski definition) is 1. The van der Waals surface area contributed by atoms with Crippen molar-refractivity contribution in [1.29, 1.82) is 0 Å². The van der Waals surface area contributed by atoms with Crippen LogP contribution in [0, 0.1) is 5.92 Å². The standard InChI is InChI=1S/C8H14.C5H11N.C2H6/c1-5-6-8(4)7(2)3;1-6-4-5-2-3-5;1-2/h2,4-6H2,1,3H3;5-6H,2-4H2,1H3;1-2H3. The van der Waals surface area contributed by atoms with Crippen molar-refractivity contribution in [2.45, 2.75) is 53.4 Å². The van der Waals surface area contributed by atoms with E-state index in [1.165, 1.54) is 31.4 Å². The summed E-state index contributed by atoms with van der Waals surface area (Å²) in [5.41, 5.74) is 2.30. The van der Waals surface area contributed by atoms with Crippen molar-refractivity contribution in [2.24, 2.45) is 5.92 Å². The molecule has 0 aromatic rings. The van der Waals surface area contributed by atoms with E-state index in [-0.39, 0.29) is 0 Å². The summed E-state index contributed by atoms with van der Waals surface area (Å²) in [4.78, 5) is 0. The van der Waals surface area contributed by atoms with Crippen LogP contribution >= 0.6 is 0 Å². The van der Waals surface area contributed by atoms with E-state index in [1.807, 2.05) is 27.8 Å². The number of allylic oxidation sites excluding steroid dienone is 2. The lowest BCUT2D eigenvalue weighted by Crippen LogP contribution is -2.08. The first kappa shape index (κ1) is 17.8. The zero-order valence-corrected chi connectivity index (χ0v) is 12.0. The first-order valence-corrected chi connectivity index (χ1v) is 6.60. The van der Waals surface area contributed by atoms with Gasteiger partial charge in [0.05, 0.1) is 0 Å². The van der Waals surface area contributed by atoms with Crippen molar-refractivity contribution in [3.05, 3.63) is 24.3 Å². The SMILES string of the molecule is C=C(C)C(=C)CCC.CC.CNCC1CC1. The number of nitrogens with one attached hydrogen (secondary N) is 1. The predicted octanol–water partition coefficient (Wildman–Crippen LogP) is 4.56. The summed E-state index contributed by atoms with van der Waals surface area (Å²) in [5, 5.41) is 3.13. The zero-order valence-electron chi connectivity index (χ0n) is 12.0. The van der Waals surface area contributed by atoms with Gasteiger partial charge in [-0.05, 0) is 45.7 Å². The molecule has 1 rings (SSSR count). The summed E-state index contributed by atoms with van der Waals surface area (Å²) in [7, 11) is 2.01. The van der Waals surface area contributed by atoms with Gasteiger partial charge in [0.25, 0.3) is 0 Å². The Morgan fingerprint density at radius 2 is 1.75 bits per heavy atom. The van der Waals surface area contributed by atoms with Gasteiger partial charge < -0.3 is 5.32 Å². The molecule has 1 heteroatoms. The second-order valence-corrected chi connectivity index (χ2v) is 4.13. The van der Waals surface area contributed by atoms with E-state index >= 15 is 0 Å². The van der Waals surface area contributed by atoms with Gasteiger partial charge in [0.15, 0.2) is 0 Å². The third kappa shape index (κ3) is 13.4. The largest absolute Gasteiger partial charge is 0.319 e. The van der Waals surface area contributed by atoms with Crippen LogP contribution in [0.1, 0.15) is 53.4 Å². The van der Waals surface area contributed by atoms with Gasteiger partial charge in [-0.3, -0.25) is 0 Å². The fourth-order valence-corrected chi connectivity index (χ4v) is 1.13. The molecule has 0 bridgehead atoms. The van der Waals surface area contributed by atoms with Crippen LogP contribution in [0.2, 0.25) is 0 Å². The maximum absolute atomic E-state index is 3.84. The molecule has 0 aromatic carbocycles. The monoisotopic (exact) mass is 225 g/mol. The molecule has 1 fully saturated rings. The highest BCUT2D eigenvalue weighted by molar-refractivity contribution is 5.21. The summed E-state index contributed by atoms with van der Waals surface area (Å²) < 4.78 is 0. The maximum Gasteiger partial charge on any atom is -0.00235 e. The Balaban J connectivity index is 0. The molecule has 0 aromatic heterocycles. The summed E-state index contributed by atoms with van der Waals surface area (Å²) in [6.07, 6.45) is 5.18. The molecule has 0 saturated heterocycles. The molecule has 0 amide bonds. The Hall–Kier alpha value is -0.560. The van der Waals surface area contributed by atoms with Gasteiger partial charge in [-0.25, -0.2) is 0 Å². The molecular weight excluding hydrogens is 194 g/mol. The van der Waals surface area contributed by atoms with Crippen molar-refractivity contribution in [2.75, 3.05) is 13.6 Å². The number of rotatable bonds is 5. The fourth-order valence-electron chi connectivity index (χ4n) is 1.13. The Morgan fingerprint density at radius 3 is 1.88 bits per heavy atom. The summed E-state index contributed by atoms with van der Waals surface area (Å²) in [6.45, 7) is 17.0. The second-order valence-electron chi connectivity index (χ2n) is 4.13. The molecule has 0 atom stereocenters. The molecule has 1 aliphatic rings. The van der Waals surface area contributed by atoms with E-state index in [9.17, 15) is 0 Å². The maximum atomic E-state index is 3.84. The molecule has 16 heavy (non-hydrogen) atoms. The van der Waals surface area contributed by atoms with Gasteiger partial charge in [0.1, 0.15) is 0 Å². The summed E-state index contributed by atoms with van der Waals surface area (Å²) >= 11 is 0. The van der Waals surface area contributed by atoms with Crippen LogP contribution in [0.3, 0.4) is 0 Å². The van der Waals surface area contributed by atoms with Crippen molar-refractivity contribution < 1.29 is 0 Å². The molecule has 0 heterocycles. The normalized spacial score (nSPS) is 12.8. The van der Waals surface area contributed by atoms with Gasteiger partial charge in [-0.15, -0.1) is 0 Å². The van der Waals surface area contributed by atoms with E-state index < -0.39 is 0 Å². The minimum absolute atomic E-state index is 1.04. The Bertz CT molecular complexity index is 178. The van der Waals surface area contributed by atoms with Gasteiger partial charge in [-0.2, -0.15) is 0 Å². The van der Waals surface area contributed by atoms with E-state index in [2.05, 4.69) is 25.4 Å². The smallest absolute Gasteiger partial charge is 0.00235 e. The third-order valence-corrected chi connectivity index (χ3v) is 2.35. The first-order valence-electron chi connectivity index (χ1n) is 6.60. The highest BCUT2D eigenvalue weighted by Crippen LogP contribution is 2.27. The molecule has 96 valence electrons.